The zero-order chi connectivity index (χ0) is 10.1. The molecule has 0 aliphatic carbocycles. The number of nitrogens with zero attached hydrogens (tertiary/aromatic N) is 1. The van der Waals surface area contributed by atoms with Gasteiger partial charge in [0.2, 0.25) is 6.41 Å². The number of amides is 1. The zero-order valence-electron chi connectivity index (χ0n) is 8.13. The van der Waals surface area contributed by atoms with Gasteiger partial charge in [-0.05, 0) is 13.8 Å². The molecule has 0 spiro atoms. The second-order valence-corrected chi connectivity index (χ2v) is 2.37. The molecule has 1 amide bonds. The molecule has 0 aliphatic rings. The molecule has 1 aromatic rings. The van der Waals surface area contributed by atoms with Crippen molar-refractivity contribution in [2.75, 3.05) is 6.54 Å². The molecule has 2 N–H and O–H groups in total. The normalized spacial score (nSPS) is 8.54. The van der Waals surface area contributed by atoms with Crippen molar-refractivity contribution in [2.24, 2.45) is 0 Å². The topological polar surface area (TPSA) is 67.2 Å². The SMILES string of the molecule is CCNNC=O.Cc1cc(C)on1. The Labute approximate surface area is 77.5 Å². The van der Waals surface area contributed by atoms with Crippen LogP contribution in [0.1, 0.15) is 18.4 Å². The van der Waals surface area contributed by atoms with Gasteiger partial charge in [-0.25, -0.2) is 5.43 Å². The summed E-state index contributed by atoms with van der Waals surface area (Å²) in [7, 11) is 0. The van der Waals surface area contributed by atoms with Gasteiger partial charge in [-0.15, -0.1) is 0 Å². The maximum atomic E-state index is 9.39. The molecule has 5 heteroatoms. The Hall–Kier alpha value is -1.36. The molecule has 0 atom stereocenters. The summed E-state index contributed by atoms with van der Waals surface area (Å²) in [6, 6.07) is 1.89. The van der Waals surface area contributed by atoms with Gasteiger partial charge in [0.1, 0.15) is 5.76 Å². The van der Waals surface area contributed by atoms with E-state index in [0.29, 0.717) is 6.41 Å². The summed E-state index contributed by atoms with van der Waals surface area (Å²) in [6.07, 6.45) is 0.601. The predicted molar refractivity (Wildman–Crippen MR) is 48.9 cm³/mol. The van der Waals surface area contributed by atoms with E-state index in [-0.39, 0.29) is 0 Å². The third-order valence-electron chi connectivity index (χ3n) is 1.08. The summed E-state index contributed by atoms with van der Waals surface area (Å²) in [6.45, 7) is 6.44. The van der Waals surface area contributed by atoms with Crippen molar-refractivity contribution in [1.29, 1.82) is 0 Å². The van der Waals surface area contributed by atoms with E-state index < -0.39 is 0 Å². The number of aromatic nitrogens is 1. The van der Waals surface area contributed by atoms with Crippen molar-refractivity contribution in [3.05, 3.63) is 17.5 Å². The Balaban J connectivity index is 0.000000226. The van der Waals surface area contributed by atoms with Crippen LogP contribution in [-0.4, -0.2) is 18.1 Å². The Morgan fingerprint density at radius 1 is 1.62 bits per heavy atom. The van der Waals surface area contributed by atoms with Crippen molar-refractivity contribution in [1.82, 2.24) is 16.0 Å². The van der Waals surface area contributed by atoms with Crippen LogP contribution in [0.25, 0.3) is 0 Å². The van der Waals surface area contributed by atoms with Crippen molar-refractivity contribution < 1.29 is 9.32 Å². The molecule has 74 valence electrons. The monoisotopic (exact) mass is 185 g/mol. The number of carbonyl (C=O) groups is 1. The van der Waals surface area contributed by atoms with Crippen LogP contribution in [0.15, 0.2) is 10.6 Å². The maximum absolute atomic E-state index is 9.39. The minimum atomic E-state index is 0.601. The van der Waals surface area contributed by atoms with Crippen LogP contribution in [0.2, 0.25) is 0 Å². The second kappa shape index (κ2) is 7.30. The Kier molecular flexibility index (Phi) is 6.53. The molecule has 0 aromatic carbocycles. The summed E-state index contributed by atoms with van der Waals surface area (Å²) < 4.78 is 4.71. The van der Waals surface area contributed by atoms with Gasteiger partial charge in [0.05, 0.1) is 5.69 Å². The summed E-state index contributed by atoms with van der Waals surface area (Å²) in [5.41, 5.74) is 5.79. The molecule has 1 aromatic heterocycles. The first kappa shape index (κ1) is 11.6. The summed E-state index contributed by atoms with van der Waals surface area (Å²) >= 11 is 0. The molecule has 13 heavy (non-hydrogen) atoms. The van der Waals surface area contributed by atoms with Gasteiger partial charge in [-0.1, -0.05) is 12.1 Å². The van der Waals surface area contributed by atoms with E-state index in [9.17, 15) is 4.79 Å². The van der Waals surface area contributed by atoms with Crippen LogP contribution in [0.4, 0.5) is 0 Å². The third kappa shape index (κ3) is 7.02. The molecule has 5 nitrogen and oxygen atoms in total. The van der Waals surface area contributed by atoms with E-state index in [4.69, 9.17) is 4.52 Å². The number of hydrogen-bond donors (Lipinski definition) is 2. The maximum Gasteiger partial charge on any atom is 0.221 e. The number of carbonyl (C=O) groups excluding carboxylic acids is 1. The molecule has 1 heterocycles. The first-order valence-corrected chi connectivity index (χ1v) is 4.02. The molecular weight excluding hydrogens is 170 g/mol. The van der Waals surface area contributed by atoms with Crippen molar-refractivity contribution in [2.45, 2.75) is 20.8 Å². The zero-order valence-corrected chi connectivity index (χ0v) is 8.13. The number of aryl methyl sites for hydroxylation is 2. The molecule has 0 unspecified atom stereocenters. The van der Waals surface area contributed by atoms with Gasteiger partial charge in [0, 0.05) is 12.6 Å². The number of hydrogen-bond acceptors (Lipinski definition) is 4. The summed E-state index contributed by atoms with van der Waals surface area (Å²) in [4.78, 5) is 9.39. The van der Waals surface area contributed by atoms with Crippen LogP contribution in [0, 0.1) is 13.8 Å². The summed E-state index contributed by atoms with van der Waals surface area (Å²) in [5, 5.41) is 3.64. The van der Waals surface area contributed by atoms with Crippen LogP contribution < -0.4 is 10.9 Å². The fourth-order valence-corrected chi connectivity index (χ4v) is 0.635. The van der Waals surface area contributed by atoms with Crippen molar-refractivity contribution in [3.8, 4) is 0 Å². The largest absolute Gasteiger partial charge is 0.361 e. The van der Waals surface area contributed by atoms with Gasteiger partial charge in [0.15, 0.2) is 0 Å². The number of nitrogens with one attached hydrogen (secondary N) is 2. The molecule has 0 radical (unpaired) electrons. The fourth-order valence-electron chi connectivity index (χ4n) is 0.635. The van der Waals surface area contributed by atoms with Crippen LogP contribution in [0.3, 0.4) is 0 Å². The highest BCUT2D eigenvalue weighted by Gasteiger charge is 1.88. The van der Waals surface area contributed by atoms with Gasteiger partial charge in [-0.3, -0.25) is 10.2 Å². The van der Waals surface area contributed by atoms with E-state index in [1.807, 2.05) is 26.8 Å². The molecule has 0 bridgehead atoms. The van der Waals surface area contributed by atoms with Gasteiger partial charge >= 0.3 is 0 Å². The fraction of sp³-hybridized carbons (Fsp3) is 0.500. The van der Waals surface area contributed by atoms with E-state index in [0.717, 1.165) is 18.0 Å². The molecule has 0 aliphatic heterocycles. The highest BCUT2D eigenvalue weighted by Crippen LogP contribution is 1.96. The molecule has 0 saturated heterocycles. The minimum absolute atomic E-state index is 0.601. The van der Waals surface area contributed by atoms with E-state index in [1.54, 1.807) is 0 Å². The lowest BCUT2D eigenvalue weighted by atomic mass is 10.4. The Bertz CT molecular complexity index is 219. The predicted octanol–water partition coefficient (Wildman–Crippen LogP) is 0.548. The van der Waals surface area contributed by atoms with Crippen LogP contribution >= 0.6 is 0 Å². The molecule has 0 fully saturated rings. The van der Waals surface area contributed by atoms with E-state index in [2.05, 4.69) is 16.0 Å². The average molecular weight is 185 g/mol. The standard InChI is InChI=1S/C5H7NO.C3H8N2O/c1-4-3-5(2)7-6-4;1-2-4-5-3-6/h3H,1-2H3;3-4H,2H2,1H3,(H,5,6). The second-order valence-electron chi connectivity index (χ2n) is 2.37. The minimum Gasteiger partial charge on any atom is -0.361 e. The highest BCUT2D eigenvalue weighted by atomic mass is 16.5. The smallest absolute Gasteiger partial charge is 0.221 e. The quantitative estimate of drug-likeness (QED) is 0.410. The van der Waals surface area contributed by atoms with Crippen LogP contribution in [-0.2, 0) is 4.79 Å². The third-order valence-corrected chi connectivity index (χ3v) is 1.08. The summed E-state index contributed by atoms with van der Waals surface area (Å²) in [5.74, 6) is 0.873. The van der Waals surface area contributed by atoms with Gasteiger partial charge in [0.25, 0.3) is 0 Å². The average Bonchev–Trinajstić information content (AvgIpc) is 2.47. The highest BCUT2D eigenvalue weighted by molar-refractivity contribution is 5.44. The van der Waals surface area contributed by atoms with Gasteiger partial charge in [-0.2, -0.15) is 0 Å². The van der Waals surface area contributed by atoms with E-state index in [1.165, 1.54) is 0 Å². The first-order chi connectivity index (χ1) is 6.20. The van der Waals surface area contributed by atoms with Crippen LogP contribution in [0.5, 0.6) is 0 Å². The van der Waals surface area contributed by atoms with Crippen molar-refractivity contribution >= 4 is 6.41 Å². The van der Waals surface area contributed by atoms with E-state index >= 15 is 0 Å². The lowest BCUT2D eigenvalue weighted by molar-refractivity contribution is -0.110. The Morgan fingerprint density at radius 2 is 2.31 bits per heavy atom. The lowest BCUT2D eigenvalue weighted by Crippen LogP contribution is -2.29. The lowest BCUT2D eigenvalue weighted by Gasteiger charge is -1.90. The number of rotatable bonds is 3. The van der Waals surface area contributed by atoms with Crippen molar-refractivity contribution in [3.63, 3.8) is 0 Å². The first-order valence-electron chi connectivity index (χ1n) is 4.02. The molecule has 0 saturated carbocycles. The van der Waals surface area contributed by atoms with Gasteiger partial charge < -0.3 is 4.52 Å². The molecule has 1 rings (SSSR count). The Morgan fingerprint density at radius 3 is 2.46 bits per heavy atom. The number of hydrazine groups is 1. The molecular formula is C8H15N3O2.